The van der Waals surface area contributed by atoms with Crippen LogP contribution >= 0.6 is 11.3 Å². The number of thiazole rings is 1. The van der Waals surface area contributed by atoms with Gasteiger partial charge in [-0.05, 0) is 45.7 Å². The van der Waals surface area contributed by atoms with Crippen LogP contribution in [0.5, 0.6) is 0 Å². The van der Waals surface area contributed by atoms with Crippen molar-refractivity contribution in [2.45, 2.75) is 51.3 Å². The lowest BCUT2D eigenvalue weighted by molar-refractivity contribution is 0.0120. The molecule has 3 aromatic rings. The second-order valence-electron chi connectivity index (χ2n) is 9.05. The lowest BCUT2D eigenvalue weighted by Gasteiger charge is -2.40. The van der Waals surface area contributed by atoms with Crippen LogP contribution in [0.4, 0.5) is 10.8 Å². The Morgan fingerprint density at radius 1 is 1.26 bits per heavy atom. The van der Waals surface area contributed by atoms with Gasteiger partial charge in [-0.2, -0.15) is 4.98 Å². The summed E-state index contributed by atoms with van der Waals surface area (Å²) in [4.78, 5) is 37.2. The van der Waals surface area contributed by atoms with Gasteiger partial charge in [0.1, 0.15) is 22.4 Å². The van der Waals surface area contributed by atoms with Crippen LogP contribution in [-0.4, -0.2) is 58.0 Å². The summed E-state index contributed by atoms with van der Waals surface area (Å²) in [5.41, 5.74) is 2.04. The fourth-order valence-corrected chi connectivity index (χ4v) is 5.08. The molecule has 1 aromatic carbocycles. The third kappa shape index (κ3) is 3.67. The highest BCUT2D eigenvalue weighted by molar-refractivity contribution is 7.13. The van der Waals surface area contributed by atoms with E-state index in [1.807, 2.05) is 31.1 Å². The highest BCUT2D eigenvalue weighted by atomic mass is 32.1. The molecule has 9 heteroatoms. The molecule has 0 aliphatic carbocycles. The normalized spacial score (nSPS) is 21.0. The minimum absolute atomic E-state index is 0.0626. The van der Waals surface area contributed by atoms with Gasteiger partial charge in [-0.3, -0.25) is 9.69 Å². The van der Waals surface area contributed by atoms with E-state index in [4.69, 9.17) is 9.15 Å². The Balaban J connectivity index is 1.44. The first-order valence-electron chi connectivity index (χ1n) is 10.4. The summed E-state index contributed by atoms with van der Waals surface area (Å²) in [6.45, 7) is 6.92. The van der Waals surface area contributed by atoms with E-state index < -0.39 is 5.60 Å². The largest absolute Gasteiger partial charge is 0.444 e. The zero-order valence-electron chi connectivity index (χ0n) is 17.7. The maximum atomic E-state index is 12.7. The summed E-state index contributed by atoms with van der Waals surface area (Å²) in [6, 6.07) is 4.15. The number of aldehydes is 1. The van der Waals surface area contributed by atoms with Crippen molar-refractivity contribution in [3.05, 3.63) is 29.3 Å². The smallest absolute Gasteiger partial charge is 0.410 e. The van der Waals surface area contributed by atoms with Gasteiger partial charge in [0, 0.05) is 30.2 Å². The Morgan fingerprint density at radius 2 is 2.00 bits per heavy atom. The third-order valence-corrected chi connectivity index (χ3v) is 6.46. The second-order valence-corrected chi connectivity index (χ2v) is 9.94. The zero-order valence-corrected chi connectivity index (χ0v) is 18.5. The van der Waals surface area contributed by atoms with Crippen LogP contribution in [0.25, 0.3) is 21.7 Å². The molecule has 2 bridgehead atoms. The van der Waals surface area contributed by atoms with Gasteiger partial charge in [0.05, 0.1) is 17.6 Å². The number of oxazole rings is 1. The number of rotatable bonds is 3. The minimum Gasteiger partial charge on any atom is -0.444 e. The van der Waals surface area contributed by atoms with Crippen LogP contribution < -0.4 is 4.90 Å². The van der Waals surface area contributed by atoms with Crippen LogP contribution in [0.3, 0.4) is 0 Å². The van der Waals surface area contributed by atoms with Crippen molar-refractivity contribution in [2.75, 3.05) is 18.0 Å². The highest BCUT2D eigenvalue weighted by Gasteiger charge is 2.45. The van der Waals surface area contributed by atoms with E-state index in [-0.39, 0.29) is 18.2 Å². The first-order valence-corrected chi connectivity index (χ1v) is 11.3. The molecular formula is C22H24N4O4S. The summed E-state index contributed by atoms with van der Waals surface area (Å²) in [5, 5.41) is 2.67. The molecule has 0 radical (unpaired) electrons. The Bertz CT molecular complexity index is 1120. The molecule has 0 spiro atoms. The number of ether oxygens (including phenoxy) is 1. The van der Waals surface area contributed by atoms with Gasteiger partial charge in [0.15, 0.2) is 5.58 Å². The molecule has 2 atom stereocenters. The molecule has 2 aliphatic heterocycles. The fourth-order valence-electron chi connectivity index (χ4n) is 4.43. The molecule has 1 amide bonds. The topological polar surface area (TPSA) is 88.8 Å². The van der Waals surface area contributed by atoms with Gasteiger partial charge >= 0.3 is 6.09 Å². The van der Waals surface area contributed by atoms with E-state index in [1.165, 1.54) is 11.3 Å². The molecule has 0 N–H and O–H groups in total. The molecule has 31 heavy (non-hydrogen) atoms. The van der Waals surface area contributed by atoms with E-state index in [1.54, 1.807) is 18.3 Å². The maximum absolute atomic E-state index is 12.7. The van der Waals surface area contributed by atoms with Gasteiger partial charge in [-0.1, -0.05) is 0 Å². The molecule has 2 aromatic heterocycles. The second kappa shape index (κ2) is 7.33. The maximum Gasteiger partial charge on any atom is 0.410 e. The molecule has 162 valence electrons. The van der Waals surface area contributed by atoms with E-state index in [2.05, 4.69) is 14.9 Å². The molecular weight excluding hydrogens is 416 g/mol. The van der Waals surface area contributed by atoms with Crippen molar-refractivity contribution < 1.29 is 18.7 Å². The molecule has 4 heterocycles. The Labute approximate surface area is 183 Å². The number of piperazine rings is 1. The number of fused-ring (bicyclic) bond motifs is 3. The predicted molar refractivity (Wildman–Crippen MR) is 118 cm³/mol. The predicted octanol–water partition coefficient (Wildman–Crippen LogP) is 4.35. The van der Waals surface area contributed by atoms with Gasteiger partial charge in [-0.25, -0.2) is 9.78 Å². The fraction of sp³-hybridized carbons (Fsp3) is 0.455. The van der Waals surface area contributed by atoms with Crippen LogP contribution in [0.15, 0.2) is 28.1 Å². The monoisotopic (exact) mass is 440 g/mol. The standard InChI is InChI=1S/C22H24N4O4S/c1-22(2,3)30-21(28)26-14-4-5-15(26)11-25(10-14)20-24-17-9-13(12-27)8-16(18(17)29-20)19-23-6-7-31-19/h6-9,12,14-15H,4-5,10-11H2,1-3H3. The third-order valence-electron chi connectivity index (χ3n) is 5.66. The number of nitrogens with zero attached hydrogens (tertiary/aromatic N) is 4. The average molecular weight is 441 g/mol. The number of aromatic nitrogens is 2. The van der Waals surface area contributed by atoms with E-state index in [9.17, 15) is 9.59 Å². The molecule has 2 fully saturated rings. The van der Waals surface area contributed by atoms with Crippen molar-refractivity contribution >= 4 is 40.8 Å². The van der Waals surface area contributed by atoms with Gasteiger partial charge in [0.2, 0.25) is 0 Å². The van der Waals surface area contributed by atoms with E-state index in [0.29, 0.717) is 35.8 Å². The molecule has 0 saturated carbocycles. The molecule has 2 saturated heterocycles. The molecule has 8 nitrogen and oxygen atoms in total. The first-order chi connectivity index (χ1) is 14.8. The highest BCUT2D eigenvalue weighted by Crippen LogP contribution is 2.37. The number of hydrogen-bond acceptors (Lipinski definition) is 8. The Hall–Kier alpha value is -2.94. The van der Waals surface area contributed by atoms with Crippen molar-refractivity contribution in [2.24, 2.45) is 0 Å². The summed E-state index contributed by atoms with van der Waals surface area (Å²) in [7, 11) is 0. The first kappa shape index (κ1) is 20.0. The van der Waals surface area contributed by atoms with Crippen LogP contribution in [0.2, 0.25) is 0 Å². The zero-order chi connectivity index (χ0) is 21.8. The van der Waals surface area contributed by atoms with Crippen LogP contribution in [0, 0.1) is 0 Å². The Morgan fingerprint density at radius 3 is 2.61 bits per heavy atom. The number of hydrogen-bond donors (Lipinski definition) is 0. The lowest BCUT2D eigenvalue weighted by Crippen LogP contribution is -2.56. The molecule has 5 rings (SSSR count). The van der Waals surface area contributed by atoms with Crippen molar-refractivity contribution in [1.82, 2.24) is 14.9 Å². The SMILES string of the molecule is CC(C)(C)OC(=O)N1C2CCC1CN(c1nc3cc(C=O)cc(-c4nccs4)c3o1)C2. The number of carbonyl (C=O) groups excluding carboxylic acids is 2. The number of amides is 1. The van der Waals surface area contributed by atoms with Crippen molar-refractivity contribution in [1.29, 1.82) is 0 Å². The average Bonchev–Trinajstić information content (AvgIpc) is 3.43. The van der Waals surface area contributed by atoms with E-state index >= 15 is 0 Å². The Kier molecular flexibility index (Phi) is 4.73. The van der Waals surface area contributed by atoms with Crippen LogP contribution in [0.1, 0.15) is 44.0 Å². The minimum atomic E-state index is -0.517. The molecule has 2 unspecified atom stereocenters. The summed E-state index contributed by atoms with van der Waals surface area (Å²) >= 11 is 1.49. The summed E-state index contributed by atoms with van der Waals surface area (Å²) < 4.78 is 11.8. The number of carbonyl (C=O) groups is 2. The quantitative estimate of drug-likeness (QED) is 0.559. The molecule has 2 aliphatic rings. The summed E-state index contributed by atoms with van der Waals surface area (Å²) in [5.74, 6) is 0. The van der Waals surface area contributed by atoms with Crippen molar-refractivity contribution in [3.8, 4) is 10.6 Å². The summed E-state index contributed by atoms with van der Waals surface area (Å²) in [6.07, 6.45) is 4.15. The lowest BCUT2D eigenvalue weighted by atomic mass is 10.1. The number of anilines is 1. The van der Waals surface area contributed by atoms with E-state index in [0.717, 1.165) is 29.7 Å². The van der Waals surface area contributed by atoms with Gasteiger partial charge < -0.3 is 14.1 Å². The van der Waals surface area contributed by atoms with Crippen LogP contribution in [-0.2, 0) is 4.74 Å². The van der Waals surface area contributed by atoms with Gasteiger partial charge in [0.25, 0.3) is 6.01 Å². The van der Waals surface area contributed by atoms with Gasteiger partial charge in [-0.15, -0.1) is 11.3 Å². The number of benzene rings is 1. The van der Waals surface area contributed by atoms with Crippen molar-refractivity contribution in [3.63, 3.8) is 0 Å².